The maximum atomic E-state index is 13.4. The van der Waals surface area contributed by atoms with Crippen LogP contribution in [0.5, 0.6) is 0 Å². The summed E-state index contributed by atoms with van der Waals surface area (Å²) in [5.41, 5.74) is -0.468. The Labute approximate surface area is 156 Å². The van der Waals surface area contributed by atoms with E-state index in [1.54, 1.807) is 16.0 Å². The van der Waals surface area contributed by atoms with Crippen molar-refractivity contribution in [1.29, 1.82) is 0 Å². The van der Waals surface area contributed by atoms with Gasteiger partial charge >= 0.3 is 5.69 Å². The molecule has 1 atom stereocenters. The quantitative estimate of drug-likeness (QED) is 0.837. The molecular formula is C18H22N6O3. The summed E-state index contributed by atoms with van der Waals surface area (Å²) < 4.78 is 1.09. The Kier molecular flexibility index (Phi) is 4.29. The average molecular weight is 370 g/mol. The number of H-pyrrole nitrogens is 1. The standard InChI is InChI=1S/C18H22N6O3/c1-22-17(27)20-14(21-22)15(25)24-11-5-8-18(24)7-4-10-23(16(18)26)12-13-6-2-3-9-19-13/h2-3,6,9H,4-5,7-8,10-12H2,1H3,(H,20,21,27). The number of aromatic amines is 1. The molecular weight excluding hydrogens is 348 g/mol. The minimum Gasteiger partial charge on any atom is -0.335 e. The molecule has 2 aliphatic rings. The highest BCUT2D eigenvalue weighted by atomic mass is 16.2. The first-order valence-corrected chi connectivity index (χ1v) is 9.16. The molecule has 0 saturated carbocycles. The highest BCUT2D eigenvalue weighted by Gasteiger charge is 2.53. The van der Waals surface area contributed by atoms with Gasteiger partial charge in [0, 0.05) is 26.3 Å². The first-order valence-electron chi connectivity index (χ1n) is 9.16. The Morgan fingerprint density at radius 1 is 1.22 bits per heavy atom. The van der Waals surface area contributed by atoms with E-state index >= 15 is 0 Å². The molecule has 4 rings (SSSR count). The van der Waals surface area contributed by atoms with Crippen LogP contribution in [0, 0.1) is 0 Å². The summed E-state index contributed by atoms with van der Waals surface area (Å²) in [7, 11) is 1.48. The van der Waals surface area contributed by atoms with Crippen molar-refractivity contribution in [3.05, 3.63) is 46.4 Å². The predicted octanol–water partition coefficient (Wildman–Crippen LogP) is 0.301. The van der Waals surface area contributed by atoms with Crippen LogP contribution in [-0.4, -0.2) is 60.0 Å². The van der Waals surface area contributed by atoms with E-state index in [0.717, 1.165) is 23.2 Å². The summed E-state index contributed by atoms with van der Waals surface area (Å²) in [6.45, 7) is 1.57. The maximum Gasteiger partial charge on any atom is 0.343 e. The topological polar surface area (TPSA) is 104 Å². The molecule has 2 aliphatic heterocycles. The predicted molar refractivity (Wildman–Crippen MR) is 95.7 cm³/mol. The van der Waals surface area contributed by atoms with Gasteiger partial charge in [-0.2, -0.15) is 0 Å². The first-order chi connectivity index (χ1) is 13.0. The van der Waals surface area contributed by atoms with E-state index in [4.69, 9.17) is 0 Å². The number of hydrogen-bond donors (Lipinski definition) is 1. The van der Waals surface area contributed by atoms with E-state index < -0.39 is 17.1 Å². The molecule has 0 aromatic carbocycles. The third kappa shape index (κ3) is 2.92. The lowest BCUT2D eigenvalue weighted by Crippen LogP contribution is -2.61. The van der Waals surface area contributed by atoms with E-state index in [0.29, 0.717) is 32.5 Å². The second-order valence-electron chi connectivity index (χ2n) is 7.15. The minimum atomic E-state index is -0.849. The first kappa shape index (κ1) is 17.4. The molecule has 142 valence electrons. The molecule has 1 spiro atoms. The molecule has 0 radical (unpaired) electrons. The zero-order valence-electron chi connectivity index (χ0n) is 15.2. The van der Waals surface area contributed by atoms with Crippen LogP contribution in [-0.2, 0) is 18.4 Å². The Morgan fingerprint density at radius 3 is 2.67 bits per heavy atom. The van der Waals surface area contributed by atoms with Crippen LogP contribution in [0.15, 0.2) is 29.2 Å². The monoisotopic (exact) mass is 370 g/mol. The van der Waals surface area contributed by atoms with E-state index in [1.807, 2.05) is 18.2 Å². The number of rotatable bonds is 3. The van der Waals surface area contributed by atoms with Crippen LogP contribution in [0.3, 0.4) is 0 Å². The van der Waals surface area contributed by atoms with Gasteiger partial charge in [0.1, 0.15) is 5.54 Å². The average Bonchev–Trinajstić information content (AvgIpc) is 3.24. The van der Waals surface area contributed by atoms with Crippen molar-refractivity contribution in [3.63, 3.8) is 0 Å². The molecule has 0 bridgehead atoms. The third-order valence-corrected chi connectivity index (χ3v) is 5.49. The zero-order valence-corrected chi connectivity index (χ0v) is 15.2. The molecule has 4 heterocycles. The van der Waals surface area contributed by atoms with Crippen LogP contribution in [0.1, 0.15) is 42.0 Å². The number of carbonyl (C=O) groups excluding carboxylic acids is 2. The van der Waals surface area contributed by atoms with Crippen LogP contribution < -0.4 is 5.69 Å². The smallest absolute Gasteiger partial charge is 0.335 e. The number of pyridine rings is 1. The lowest BCUT2D eigenvalue weighted by Gasteiger charge is -2.44. The van der Waals surface area contributed by atoms with Gasteiger partial charge in [-0.3, -0.25) is 19.6 Å². The van der Waals surface area contributed by atoms with Gasteiger partial charge in [0.2, 0.25) is 11.7 Å². The fraction of sp³-hybridized carbons (Fsp3) is 0.500. The lowest BCUT2D eigenvalue weighted by atomic mass is 9.85. The van der Waals surface area contributed by atoms with Crippen molar-refractivity contribution >= 4 is 11.8 Å². The molecule has 2 fully saturated rings. The number of amides is 2. The Hall–Kier alpha value is -2.97. The van der Waals surface area contributed by atoms with E-state index in [2.05, 4.69) is 15.1 Å². The number of hydrogen-bond acceptors (Lipinski definition) is 5. The molecule has 1 unspecified atom stereocenters. The van der Waals surface area contributed by atoms with Crippen LogP contribution in [0.25, 0.3) is 0 Å². The zero-order chi connectivity index (χ0) is 19.0. The number of aryl methyl sites for hydroxylation is 1. The third-order valence-electron chi connectivity index (χ3n) is 5.49. The Bertz CT molecular complexity index is 921. The van der Waals surface area contributed by atoms with Gasteiger partial charge in [0.05, 0.1) is 12.2 Å². The van der Waals surface area contributed by atoms with Crippen molar-refractivity contribution in [3.8, 4) is 0 Å². The number of carbonyl (C=O) groups is 2. The summed E-state index contributed by atoms with van der Waals surface area (Å²) >= 11 is 0. The Morgan fingerprint density at radius 2 is 2.00 bits per heavy atom. The van der Waals surface area contributed by atoms with Gasteiger partial charge in [-0.25, -0.2) is 9.48 Å². The van der Waals surface area contributed by atoms with Gasteiger partial charge in [-0.05, 0) is 37.8 Å². The van der Waals surface area contributed by atoms with Gasteiger partial charge in [0.15, 0.2) is 0 Å². The van der Waals surface area contributed by atoms with Crippen molar-refractivity contribution in [2.75, 3.05) is 13.1 Å². The van der Waals surface area contributed by atoms with Crippen LogP contribution in [0.4, 0.5) is 0 Å². The fourth-order valence-corrected chi connectivity index (χ4v) is 4.19. The maximum absolute atomic E-state index is 13.4. The molecule has 2 amide bonds. The largest absolute Gasteiger partial charge is 0.343 e. The SMILES string of the molecule is Cn1nc(C(=O)N2CCCC23CCCN(Cc2ccccn2)C3=O)[nH]c1=O. The lowest BCUT2D eigenvalue weighted by molar-refractivity contribution is -0.146. The van der Waals surface area contributed by atoms with E-state index in [1.165, 1.54) is 7.05 Å². The number of nitrogens with zero attached hydrogens (tertiary/aromatic N) is 5. The second kappa shape index (κ2) is 6.64. The molecule has 1 N–H and O–H groups in total. The molecule has 9 nitrogen and oxygen atoms in total. The summed E-state index contributed by atoms with van der Waals surface area (Å²) in [4.78, 5) is 48.2. The number of likely N-dealkylation sites (tertiary alicyclic amines) is 2. The molecule has 2 aromatic heterocycles. The van der Waals surface area contributed by atoms with Gasteiger partial charge in [-0.1, -0.05) is 6.07 Å². The summed E-state index contributed by atoms with van der Waals surface area (Å²) in [5.74, 6) is -0.444. The van der Waals surface area contributed by atoms with Crippen molar-refractivity contribution in [1.82, 2.24) is 29.5 Å². The summed E-state index contributed by atoms with van der Waals surface area (Å²) in [6.07, 6.45) is 4.55. The summed E-state index contributed by atoms with van der Waals surface area (Å²) in [5, 5.41) is 3.97. The molecule has 0 aliphatic carbocycles. The van der Waals surface area contributed by atoms with Gasteiger partial charge < -0.3 is 9.80 Å². The normalized spacial score (nSPS) is 22.6. The highest BCUT2D eigenvalue weighted by Crippen LogP contribution is 2.39. The van der Waals surface area contributed by atoms with Gasteiger partial charge in [-0.15, -0.1) is 5.10 Å². The summed E-state index contributed by atoms with van der Waals surface area (Å²) in [6, 6.07) is 5.63. The van der Waals surface area contributed by atoms with Crippen molar-refractivity contribution in [2.24, 2.45) is 7.05 Å². The molecule has 9 heteroatoms. The van der Waals surface area contributed by atoms with Gasteiger partial charge in [0.25, 0.3) is 5.91 Å². The molecule has 2 saturated heterocycles. The van der Waals surface area contributed by atoms with Crippen LogP contribution >= 0.6 is 0 Å². The number of nitrogens with one attached hydrogen (secondary N) is 1. The fourth-order valence-electron chi connectivity index (χ4n) is 4.19. The number of aromatic nitrogens is 4. The van der Waals surface area contributed by atoms with Crippen LogP contribution in [0.2, 0.25) is 0 Å². The number of piperidine rings is 1. The second-order valence-corrected chi connectivity index (χ2v) is 7.15. The minimum absolute atomic E-state index is 0.0153. The Balaban J connectivity index is 1.60. The van der Waals surface area contributed by atoms with E-state index in [9.17, 15) is 14.4 Å². The van der Waals surface area contributed by atoms with Crippen molar-refractivity contribution in [2.45, 2.75) is 37.8 Å². The highest BCUT2D eigenvalue weighted by molar-refractivity contribution is 5.97. The molecule has 27 heavy (non-hydrogen) atoms. The van der Waals surface area contributed by atoms with Crippen molar-refractivity contribution < 1.29 is 9.59 Å². The van der Waals surface area contributed by atoms with E-state index in [-0.39, 0.29) is 11.7 Å². The molecule has 2 aromatic rings.